The Morgan fingerprint density at radius 3 is 2.89 bits per heavy atom. The van der Waals surface area contributed by atoms with E-state index < -0.39 is 0 Å². The third kappa shape index (κ3) is 3.56. The Balaban J connectivity index is 1.85. The molecule has 0 saturated carbocycles. The predicted molar refractivity (Wildman–Crippen MR) is 72.4 cm³/mol. The van der Waals surface area contributed by atoms with Crippen LogP contribution in [0, 0.1) is 5.92 Å². The van der Waals surface area contributed by atoms with Gasteiger partial charge < -0.3 is 15.1 Å². The maximum Gasteiger partial charge on any atom is 0.194 e. The van der Waals surface area contributed by atoms with Crippen molar-refractivity contribution in [1.29, 1.82) is 0 Å². The van der Waals surface area contributed by atoms with E-state index in [4.69, 9.17) is 10.2 Å². The van der Waals surface area contributed by atoms with Crippen LogP contribution in [0.3, 0.4) is 0 Å². The zero-order valence-electron chi connectivity index (χ0n) is 11.7. The number of hydrogen-bond donors (Lipinski definition) is 1. The molecule has 2 atom stereocenters. The molecule has 0 aromatic carbocycles. The molecule has 2 N–H and O–H groups in total. The van der Waals surface area contributed by atoms with Crippen LogP contribution in [0.15, 0.2) is 10.6 Å². The molecule has 1 aliphatic heterocycles. The molecule has 0 bridgehead atoms. The number of hydrogen-bond acceptors (Lipinski definition) is 4. The molecular formula is C14H25N3O. The molecule has 1 fully saturated rings. The average Bonchev–Trinajstić information content (AvgIpc) is 2.88. The van der Waals surface area contributed by atoms with Gasteiger partial charge in [0, 0.05) is 31.5 Å². The van der Waals surface area contributed by atoms with Gasteiger partial charge in [-0.05, 0) is 39.7 Å². The summed E-state index contributed by atoms with van der Waals surface area (Å²) in [5.74, 6) is 2.48. The van der Waals surface area contributed by atoms with Crippen molar-refractivity contribution < 1.29 is 4.42 Å². The van der Waals surface area contributed by atoms with E-state index in [9.17, 15) is 0 Å². The summed E-state index contributed by atoms with van der Waals surface area (Å²) < 4.78 is 5.74. The van der Waals surface area contributed by atoms with E-state index in [0.717, 1.165) is 24.5 Å². The van der Waals surface area contributed by atoms with Gasteiger partial charge >= 0.3 is 0 Å². The van der Waals surface area contributed by atoms with E-state index in [2.05, 4.69) is 23.7 Å². The first-order valence-electron chi connectivity index (χ1n) is 6.97. The first kappa shape index (κ1) is 13.6. The molecule has 4 heteroatoms. The number of nitrogens with two attached hydrogens (primary N) is 1. The van der Waals surface area contributed by atoms with Gasteiger partial charge in [-0.2, -0.15) is 0 Å². The van der Waals surface area contributed by atoms with Crippen molar-refractivity contribution in [3.63, 3.8) is 0 Å². The van der Waals surface area contributed by atoms with Crippen LogP contribution in [0.1, 0.15) is 38.8 Å². The molecule has 1 aliphatic rings. The first-order valence-corrected chi connectivity index (χ1v) is 6.97. The Morgan fingerprint density at radius 2 is 2.28 bits per heavy atom. The van der Waals surface area contributed by atoms with Crippen molar-refractivity contribution in [2.75, 3.05) is 13.1 Å². The van der Waals surface area contributed by atoms with E-state index in [1.807, 2.05) is 13.1 Å². The Morgan fingerprint density at radius 1 is 1.50 bits per heavy atom. The molecule has 2 rings (SSSR count). The zero-order valence-corrected chi connectivity index (χ0v) is 11.7. The lowest BCUT2D eigenvalue weighted by Crippen LogP contribution is -2.28. The monoisotopic (exact) mass is 251 g/mol. The number of likely N-dealkylation sites (tertiary alicyclic amines) is 1. The Bertz CT molecular complexity index is 373. The smallest absolute Gasteiger partial charge is 0.194 e. The summed E-state index contributed by atoms with van der Waals surface area (Å²) >= 11 is 0. The lowest BCUT2D eigenvalue weighted by Gasteiger charge is -2.19. The van der Waals surface area contributed by atoms with Crippen molar-refractivity contribution >= 4 is 0 Å². The van der Waals surface area contributed by atoms with Crippen LogP contribution in [-0.2, 0) is 12.8 Å². The summed E-state index contributed by atoms with van der Waals surface area (Å²) in [6.45, 7) is 8.88. The largest absolute Gasteiger partial charge is 0.446 e. The maximum absolute atomic E-state index is 5.75. The van der Waals surface area contributed by atoms with E-state index >= 15 is 0 Å². The highest BCUT2D eigenvalue weighted by Gasteiger charge is 2.25. The molecule has 1 aromatic rings. The van der Waals surface area contributed by atoms with Gasteiger partial charge in [0.15, 0.2) is 5.89 Å². The van der Waals surface area contributed by atoms with Gasteiger partial charge in [-0.1, -0.05) is 0 Å². The summed E-state index contributed by atoms with van der Waals surface area (Å²) in [7, 11) is 0. The molecule has 102 valence electrons. The second kappa shape index (κ2) is 5.85. The summed E-state index contributed by atoms with van der Waals surface area (Å²) in [4.78, 5) is 6.89. The molecule has 4 nitrogen and oxygen atoms in total. The maximum atomic E-state index is 5.75. The highest BCUT2D eigenvalue weighted by atomic mass is 16.4. The Labute approximate surface area is 110 Å². The van der Waals surface area contributed by atoms with Gasteiger partial charge in [-0.3, -0.25) is 0 Å². The summed E-state index contributed by atoms with van der Waals surface area (Å²) in [6, 6.07) is 0.780. The highest BCUT2D eigenvalue weighted by Crippen LogP contribution is 2.22. The van der Waals surface area contributed by atoms with Crippen molar-refractivity contribution in [2.45, 2.75) is 52.1 Å². The van der Waals surface area contributed by atoms with Crippen LogP contribution in [0.5, 0.6) is 0 Å². The van der Waals surface area contributed by atoms with Gasteiger partial charge in [-0.25, -0.2) is 4.98 Å². The Hall–Kier alpha value is -0.870. The fourth-order valence-electron chi connectivity index (χ4n) is 2.60. The SMILES string of the molecule is CC(N)Cc1cnc(CC2CCN(C(C)C)C2)o1. The molecule has 1 aromatic heterocycles. The van der Waals surface area contributed by atoms with Crippen LogP contribution >= 0.6 is 0 Å². The highest BCUT2D eigenvalue weighted by molar-refractivity contribution is 4.97. The van der Waals surface area contributed by atoms with Crippen molar-refractivity contribution in [3.05, 3.63) is 17.8 Å². The molecule has 1 saturated heterocycles. The number of nitrogens with zero attached hydrogens (tertiary/aromatic N) is 2. The van der Waals surface area contributed by atoms with Crippen LogP contribution in [0.4, 0.5) is 0 Å². The molecule has 0 radical (unpaired) electrons. The van der Waals surface area contributed by atoms with Crippen LogP contribution in [0.2, 0.25) is 0 Å². The second-order valence-corrected chi connectivity index (χ2v) is 5.85. The van der Waals surface area contributed by atoms with Gasteiger partial charge in [0.1, 0.15) is 5.76 Å². The van der Waals surface area contributed by atoms with Crippen molar-refractivity contribution in [1.82, 2.24) is 9.88 Å². The van der Waals surface area contributed by atoms with E-state index in [1.54, 1.807) is 0 Å². The van der Waals surface area contributed by atoms with Gasteiger partial charge in [-0.15, -0.1) is 0 Å². The molecule has 0 amide bonds. The summed E-state index contributed by atoms with van der Waals surface area (Å²) in [5, 5.41) is 0. The van der Waals surface area contributed by atoms with Gasteiger partial charge in [0.05, 0.1) is 6.20 Å². The number of oxazole rings is 1. The van der Waals surface area contributed by atoms with Crippen molar-refractivity contribution in [2.24, 2.45) is 11.7 Å². The average molecular weight is 251 g/mol. The number of rotatable bonds is 5. The van der Waals surface area contributed by atoms with E-state index in [-0.39, 0.29) is 6.04 Å². The van der Waals surface area contributed by atoms with E-state index in [0.29, 0.717) is 12.0 Å². The van der Waals surface area contributed by atoms with Crippen molar-refractivity contribution in [3.8, 4) is 0 Å². The minimum Gasteiger partial charge on any atom is -0.446 e. The normalized spacial score (nSPS) is 22.8. The standard InChI is InChI=1S/C14H25N3O/c1-10(2)17-5-4-12(9-17)7-14-16-8-13(18-14)6-11(3)15/h8,10-12H,4-7,9,15H2,1-3H3. The quantitative estimate of drug-likeness (QED) is 0.867. The topological polar surface area (TPSA) is 55.3 Å². The Kier molecular flexibility index (Phi) is 4.40. The molecule has 0 spiro atoms. The third-order valence-corrected chi connectivity index (χ3v) is 3.64. The molecule has 2 unspecified atom stereocenters. The number of aromatic nitrogens is 1. The summed E-state index contributed by atoms with van der Waals surface area (Å²) in [5.41, 5.74) is 5.75. The fraction of sp³-hybridized carbons (Fsp3) is 0.786. The molecular weight excluding hydrogens is 226 g/mol. The van der Waals surface area contributed by atoms with Crippen LogP contribution in [-0.4, -0.2) is 35.1 Å². The fourth-order valence-corrected chi connectivity index (χ4v) is 2.60. The lowest BCUT2D eigenvalue weighted by molar-refractivity contribution is 0.262. The molecule has 0 aliphatic carbocycles. The lowest BCUT2D eigenvalue weighted by atomic mass is 10.1. The second-order valence-electron chi connectivity index (χ2n) is 5.85. The van der Waals surface area contributed by atoms with Crippen LogP contribution < -0.4 is 5.73 Å². The third-order valence-electron chi connectivity index (χ3n) is 3.64. The first-order chi connectivity index (χ1) is 8.54. The molecule has 2 heterocycles. The van der Waals surface area contributed by atoms with Gasteiger partial charge in [0.2, 0.25) is 0 Å². The van der Waals surface area contributed by atoms with Gasteiger partial charge in [0.25, 0.3) is 0 Å². The van der Waals surface area contributed by atoms with Crippen LogP contribution in [0.25, 0.3) is 0 Å². The zero-order chi connectivity index (χ0) is 13.1. The molecule has 18 heavy (non-hydrogen) atoms. The minimum atomic E-state index is 0.133. The predicted octanol–water partition coefficient (Wildman–Crippen LogP) is 1.84. The summed E-state index contributed by atoms with van der Waals surface area (Å²) in [6.07, 6.45) is 4.81. The minimum absolute atomic E-state index is 0.133. The van der Waals surface area contributed by atoms with E-state index in [1.165, 1.54) is 19.5 Å².